The average molecular weight is 259 g/mol. The molecule has 0 bridgehead atoms. The number of nitrogens with one attached hydrogen (secondary N) is 2. The fraction of sp³-hybridized carbons (Fsp3) is 0.364. The van der Waals surface area contributed by atoms with E-state index < -0.39 is 17.8 Å². The number of hydrogen-bond donors (Lipinski definition) is 3. The number of carbonyl (C=O) groups is 1. The number of alkyl halides is 3. The minimum absolute atomic E-state index is 0.0645. The molecule has 1 saturated carbocycles. The van der Waals surface area contributed by atoms with Gasteiger partial charge in [0.25, 0.3) is 0 Å². The summed E-state index contributed by atoms with van der Waals surface area (Å²) in [7, 11) is 0. The van der Waals surface area contributed by atoms with Gasteiger partial charge in [0.15, 0.2) is 0 Å². The summed E-state index contributed by atoms with van der Waals surface area (Å²) < 4.78 is 37.7. The van der Waals surface area contributed by atoms with Gasteiger partial charge in [0, 0.05) is 17.4 Å². The fourth-order valence-corrected chi connectivity index (χ4v) is 1.46. The van der Waals surface area contributed by atoms with Crippen molar-refractivity contribution >= 4 is 17.4 Å². The first-order chi connectivity index (χ1) is 8.36. The molecule has 0 aliphatic heterocycles. The number of nitrogens with two attached hydrogens (primary N) is 1. The molecule has 4 N–H and O–H groups in total. The highest BCUT2D eigenvalue weighted by Gasteiger charge is 2.33. The molecule has 1 aliphatic rings. The zero-order valence-electron chi connectivity index (χ0n) is 9.34. The number of urea groups is 1. The summed E-state index contributed by atoms with van der Waals surface area (Å²) in [6, 6.07) is 2.91. The Morgan fingerprint density at radius 2 is 2.00 bits per heavy atom. The Balaban J connectivity index is 2.11. The second-order valence-electron chi connectivity index (χ2n) is 4.17. The molecule has 0 unspecified atom stereocenters. The van der Waals surface area contributed by atoms with E-state index >= 15 is 0 Å². The smallest absolute Gasteiger partial charge is 0.398 e. The standard InChI is InChI=1S/C11H12F3N3O/c12-11(13,14)8-5-7(3-4-9(8)15)17-10(18)16-6-1-2-6/h3-6H,1-2,15H2,(H2,16,17,18). The van der Waals surface area contributed by atoms with Crippen LogP contribution in [0, 0.1) is 0 Å². The van der Waals surface area contributed by atoms with E-state index in [-0.39, 0.29) is 17.4 Å². The molecule has 7 heteroatoms. The second-order valence-corrected chi connectivity index (χ2v) is 4.17. The zero-order valence-corrected chi connectivity index (χ0v) is 9.34. The molecule has 2 amide bonds. The molecule has 0 aromatic heterocycles. The highest BCUT2D eigenvalue weighted by Crippen LogP contribution is 2.35. The SMILES string of the molecule is Nc1ccc(NC(=O)NC2CC2)cc1C(F)(F)F. The van der Waals surface area contributed by atoms with Gasteiger partial charge in [-0.25, -0.2) is 4.79 Å². The molecule has 1 aromatic rings. The molecule has 0 radical (unpaired) electrons. The molecular formula is C11H12F3N3O. The minimum Gasteiger partial charge on any atom is -0.398 e. The van der Waals surface area contributed by atoms with Crippen LogP contribution in [0.2, 0.25) is 0 Å². The van der Waals surface area contributed by atoms with Crippen molar-refractivity contribution in [3.8, 4) is 0 Å². The summed E-state index contributed by atoms with van der Waals surface area (Å²) in [4.78, 5) is 11.4. The molecule has 4 nitrogen and oxygen atoms in total. The van der Waals surface area contributed by atoms with E-state index in [1.54, 1.807) is 0 Å². The highest BCUT2D eigenvalue weighted by molar-refractivity contribution is 5.90. The van der Waals surface area contributed by atoms with Gasteiger partial charge < -0.3 is 16.4 Å². The monoisotopic (exact) mass is 259 g/mol. The topological polar surface area (TPSA) is 67.1 Å². The molecular weight excluding hydrogens is 247 g/mol. The Labute approximate surface area is 101 Å². The van der Waals surface area contributed by atoms with Gasteiger partial charge in [-0.3, -0.25) is 0 Å². The fourth-order valence-electron chi connectivity index (χ4n) is 1.46. The van der Waals surface area contributed by atoms with E-state index in [0.717, 1.165) is 25.0 Å². The lowest BCUT2D eigenvalue weighted by atomic mass is 10.1. The van der Waals surface area contributed by atoms with Crippen molar-refractivity contribution in [1.29, 1.82) is 0 Å². The number of hydrogen-bond acceptors (Lipinski definition) is 2. The third-order valence-electron chi connectivity index (χ3n) is 2.53. The predicted octanol–water partition coefficient (Wildman–Crippen LogP) is 2.57. The number of amides is 2. The first-order valence-corrected chi connectivity index (χ1v) is 5.40. The number of halogens is 3. The third kappa shape index (κ3) is 3.06. The molecule has 98 valence electrons. The Hall–Kier alpha value is -1.92. The maximum atomic E-state index is 12.6. The van der Waals surface area contributed by atoms with Gasteiger partial charge in [-0.2, -0.15) is 13.2 Å². The highest BCUT2D eigenvalue weighted by atomic mass is 19.4. The van der Waals surface area contributed by atoms with E-state index in [0.29, 0.717) is 0 Å². The van der Waals surface area contributed by atoms with E-state index in [2.05, 4.69) is 10.6 Å². The van der Waals surface area contributed by atoms with E-state index in [1.165, 1.54) is 6.07 Å². The van der Waals surface area contributed by atoms with E-state index in [1.807, 2.05) is 0 Å². The predicted molar refractivity (Wildman–Crippen MR) is 61.0 cm³/mol. The Morgan fingerprint density at radius 1 is 1.33 bits per heavy atom. The molecule has 1 fully saturated rings. The Kier molecular flexibility index (Phi) is 3.06. The third-order valence-corrected chi connectivity index (χ3v) is 2.53. The molecule has 1 aromatic carbocycles. The van der Waals surface area contributed by atoms with Gasteiger partial charge >= 0.3 is 12.2 Å². The minimum atomic E-state index is -4.53. The van der Waals surface area contributed by atoms with Crippen LogP contribution < -0.4 is 16.4 Å². The normalized spacial score (nSPS) is 15.3. The molecule has 0 atom stereocenters. The summed E-state index contributed by atoms with van der Waals surface area (Å²) in [5.41, 5.74) is 4.00. The quantitative estimate of drug-likeness (QED) is 0.714. The number of rotatable bonds is 2. The van der Waals surface area contributed by atoms with Crippen LogP contribution in [-0.4, -0.2) is 12.1 Å². The summed E-state index contributed by atoms with van der Waals surface area (Å²) in [6.07, 6.45) is -2.72. The van der Waals surface area contributed by atoms with Gasteiger partial charge in [-0.05, 0) is 31.0 Å². The Morgan fingerprint density at radius 3 is 2.56 bits per heavy atom. The van der Waals surface area contributed by atoms with E-state index in [4.69, 9.17) is 5.73 Å². The van der Waals surface area contributed by atoms with Crippen LogP contribution >= 0.6 is 0 Å². The van der Waals surface area contributed by atoms with Gasteiger partial charge in [0.2, 0.25) is 0 Å². The van der Waals surface area contributed by atoms with Crippen molar-refractivity contribution in [1.82, 2.24) is 5.32 Å². The number of nitrogen functional groups attached to an aromatic ring is 1. The van der Waals surface area contributed by atoms with Crippen LogP contribution in [0.25, 0.3) is 0 Å². The average Bonchev–Trinajstić information content (AvgIpc) is 3.03. The Bertz CT molecular complexity index is 469. The van der Waals surface area contributed by atoms with E-state index in [9.17, 15) is 18.0 Å². The van der Waals surface area contributed by atoms with Crippen LogP contribution in [0.4, 0.5) is 29.3 Å². The number of benzene rings is 1. The second kappa shape index (κ2) is 4.40. The van der Waals surface area contributed by atoms with Crippen molar-refractivity contribution < 1.29 is 18.0 Å². The van der Waals surface area contributed by atoms with Gasteiger partial charge in [0.05, 0.1) is 5.56 Å². The maximum Gasteiger partial charge on any atom is 0.418 e. The summed E-state index contributed by atoms with van der Waals surface area (Å²) in [6.45, 7) is 0. The van der Waals surface area contributed by atoms with Crippen LogP contribution in [0.5, 0.6) is 0 Å². The van der Waals surface area contributed by atoms with Crippen LogP contribution in [0.1, 0.15) is 18.4 Å². The van der Waals surface area contributed by atoms with Crippen molar-refractivity contribution in [3.05, 3.63) is 23.8 Å². The number of carbonyl (C=O) groups excluding carboxylic acids is 1. The molecule has 18 heavy (non-hydrogen) atoms. The lowest BCUT2D eigenvalue weighted by Crippen LogP contribution is -2.30. The zero-order chi connectivity index (χ0) is 13.3. The molecule has 0 heterocycles. The number of anilines is 2. The first kappa shape index (κ1) is 12.5. The van der Waals surface area contributed by atoms with Crippen molar-refractivity contribution in [3.63, 3.8) is 0 Å². The van der Waals surface area contributed by atoms with Crippen molar-refractivity contribution in [2.75, 3.05) is 11.1 Å². The van der Waals surface area contributed by atoms with Gasteiger partial charge in [-0.15, -0.1) is 0 Å². The largest absolute Gasteiger partial charge is 0.418 e. The molecule has 0 saturated heterocycles. The lowest BCUT2D eigenvalue weighted by molar-refractivity contribution is -0.136. The summed E-state index contributed by atoms with van der Waals surface area (Å²) >= 11 is 0. The van der Waals surface area contributed by atoms with Crippen LogP contribution in [0.3, 0.4) is 0 Å². The van der Waals surface area contributed by atoms with Crippen LogP contribution in [0.15, 0.2) is 18.2 Å². The summed E-state index contributed by atoms with van der Waals surface area (Å²) in [5, 5.41) is 4.96. The van der Waals surface area contributed by atoms with Crippen LogP contribution in [-0.2, 0) is 6.18 Å². The van der Waals surface area contributed by atoms with Crippen molar-refractivity contribution in [2.45, 2.75) is 25.1 Å². The lowest BCUT2D eigenvalue weighted by Gasteiger charge is -2.12. The molecule has 1 aliphatic carbocycles. The molecule has 2 rings (SSSR count). The summed E-state index contributed by atoms with van der Waals surface area (Å²) in [5.74, 6) is 0. The first-order valence-electron chi connectivity index (χ1n) is 5.40. The van der Waals surface area contributed by atoms with Gasteiger partial charge in [-0.1, -0.05) is 0 Å². The van der Waals surface area contributed by atoms with Gasteiger partial charge in [0.1, 0.15) is 0 Å². The molecule has 0 spiro atoms. The maximum absolute atomic E-state index is 12.6. The van der Waals surface area contributed by atoms with Crippen molar-refractivity contribution in [2.24, 2.45) is 0 Å².